The number of benzene rings is 1. The minimum absolute atomic E-state index is 0. The van der Waals surface area contributed by atoms with Crippen molar-refractivity contribution in [2.45, 2.75) is 12.0 Å². The number of carboxylic acids is 1. The molecule has 0 fully saturated rings. The van der Waals surface area contributed by atoms with E-state index < -0.39 is 11.3 Å². The summed E-state index contributed by atoms with van der Waals surface area (Å²) in [5.41, 5.74) is 1.00. The molecule has 0 aliphatic heterocycles. The molecule has 0 saturated carbocycles. The molecule has 5 heteroatoms. The molecule has 0 bridgehead atoms. The Morgan fingerprint density at radius 3 is 2.53 bits per heavy atom. The van der Waals surface area contributed by atoms with Gasteiger partial charge in [-0.2, -0.15) is 0 Å². The summed E-state index contributed by atoms with van der Waals surface area (Å²) < 4.78 is 5.13. The normalized spacial score (nSPS) is 11.5. The van der Waals surface area contributed by atoms with Crippen LogP contribution in [0, 0.1) is 0 Å². The van der Waals surface area contributed by atoms with Gasteiger partial charge in [-0.25, -0.2) is 0 Å². The van der Waals surface area contributed by atoms with Crippen LogP contribution in [-0.4, -0.2) is 74.4 Å². The number of aliphatic carboxylic acids is 1. The topological polar surface area (TPSA) is 46.5 Å². The Morgan fingerprint density at radius 1 is 1.40 bits per heavy atom. The van der Waals surface area contributed by atoms with Gasteiger partial charge in [0.1, 0.15) is 0 Å². The number of halogens is 1. The number of alkyl halides is 1. The van der Waals surface area contributed by atoms with E-state index in [2.05, 4.69) is 0 Å². The molecule has 1 atom stereocenters. The molecule has 1 aromatic carbocycles. The van der Waals surface area contributed by atoms with E-state index in [4.69, 9.17) is 21.4 Å². The Balaban J connectivity index is 0.00000196. The van der Waals surface area contributed by atoms with E-state index in [1.54, 1.807) is 0 Å². The molecule has 0 amide bonds. The first kappa shape index (κ1) is 15.6. The van der Waals surface area contributed by atoms with Crippen molar-refractivity contribution in [3.8, 4) is 0 Å². The van der Waals surface area contributed by atoms with Gasteiger partial charge in [-0.15, -0.1) is 11.6 Å². The van der Waals surface area contributed by atoms with Crippen LogP contribution in [0.1, 0.15) is 5.56 Å². The van der Waals surface area contributed by atoms with Crippen molar-refractivity contribution in [1.29, 1.82) is 0 Å². The second kappa shape index (κ2) is 8.70. The second-order valence-electron chi connectivity index (χ2n) is 2.81. The van der Waals surface area contributed by atoms with E-state index >= 15 is 0 Å². The second-order valence-corrected chi connectivity index (χ2v) is 3.33. The van der Waals surface area contributed by atoms with Crippen LogP contribution in [0.3, 0.4) is 0 Å². The zero-order valence-electron chi connectivity index (χ0n) is 7.52. The summed E-state index contributed by atoms with van der Waals surface area (Å²) >= 11 is 5.46. The van der Waals surface area contributed by atoms with E-state index in [1.807, 2.05) is 30.3 Å². The van der Waals surface area contributed by atoms with E-state index in [-0.39, 0.29) is 58.0 Å². The van der Waals surface area contributed by atoms with Crippen LogP contribution < -0.4 is 0 Å². The number of carboxylic acid groups (broad SMARTS) is 1. The van der Waals surface area contributed by atoms with Gasteiger partial charge in [-0.05, 0) is 5.56 Å². The molecule has 1 aromatic rings. The van der Waals surface area contributed by atoms with Gasteiger partial charge in [-0.1, -0.05) is 30.3 Å². The quantitative estimate of drug-likeness (QED) is 0.636. The molecule has 0 aliphatic carbocycles. The summed E-state index contributed by atoms with van der Waals surface area (Å²) in [4.78, 5) is 10.3. The molecule has 0 aromatic heterocycles. The van der Waals surface area contributed by atoms with E-state index in [0.29, 0.717) is 6.61 Å². The van der Waals surface area contributed by atoms with Crippen molar-refractivity contribution in [3.05, 3.63) is 35.9 Å². The van der Waals surface area contributed by atoms with Gasteiger partial charge in [0, 0.05) is 0 Å². The van der Waals surface area contributed by atoms with Crippen LogP contribution in [0.4, 0.5) is 0 Å². The summed E-state index contributed by atoms with van der Waals surface area (Å²) in [6.45, 7) is 0.406. The fraction of sp³-hybridized carbons (Fsp3) is 0.300. The monoisotopic (exact) mass is 254 g/mol. The molecule has 0 heterocycles. The van der Waals surface area contributed by atoms with E-state index in [0.717, 1.165) is 5.56 Å². The van der Waals surface area contributed by atoms with Gasteiger partial charge < -0.3 is 9.84 Å². The molecular weight excluding hydrogens is 243 g/mol. The summed E-state index contributed by atoms with van der Waals surface area (Å²) in [7, 11) is 0. The average Bonchev–Trinajstić information content (AvgIpc) is 2.19. The van der Waals surface area contributed by atoms with Crippen LogP contribution in [0.25, 0.3) is 0 Å². The van der Waals surface area contributed by atoms with Gasteiger partial charge >= 0.3 is 57.4 Å². The van der Waals surface area contributed by atoms with Gasteiger partial charge in [0.2, 0.25) is 0 Å². The molecule has 0 spiro atoms. The Labute approximate surface area is 136 Å². The maximum absolute atomic E-state index is 10.3. The van der Waals surface area contributed by atoms with Crippen LogP contribution in [0.5, 0.6) is 0 Å². The molecule has 1 unspecified atom stereocenters. The Morgan fingerprint density at radius 2 is 2.00 bits per heavy atom. The molecule has 78 valence electrons. The van der Waals surface area contributed by atoms with E-state index in [9.17, 15) is 4.79 Å². The minimum atomic E-state index is -1.06. The standard InChI is InChI=1S/C10H11ClO3.K.H/c11-9(10(12)13)7-14-6-8-4-2-1-3-5-8;;/h1-5,9H,6-7H2,(H,12,13);;. The molecule has 0 aliphatic rings. The van der Waals surface area contributed by atoms with Crippen molar-refractivity contribution in [1.82, 2.24) is 0 Å². The molecule has 3 nitrogen and oxygen atoms in total. The predicted molar refractivity (Wildman–Crippen MR) is 60.5 cm³/mol. The fourth-order valence-corrected chi connectivity index (χ4v) is 1.01. The van der Waals surface area contributed by atoms with Crippen LogP contribution in [0.15, 0.2) is 30.3 Å². The van der Waals surface area contributed by atoms with Crippen molar-refractivity contribution < 1.29 is 14.6 Å². The first-order valence-electron chi connectivity index (χ1n) is 4.18. The van der Waals surface area contributed by atoms with Crippen LogP contribution >= 0.6 is 11.6 Å². The number of ether oxygens (including phenoxy) is 1. The third-order valence-corrected chi connectivity index (χ3v) is 1.96. The molecule has 0 radical (unpaired) electrons. The summed E-state index contributed by atoms with van der Waals surface area (Å²) in [5.74, 6) is -1.06. The van der Waals surface area contributed by atoms with Crippen LogP contribution in [0.2, 0.25) is 0 Å². The molecule has 1 N–H and O–H groups in total. The third kappa shape index (κ3) is 6.68. The van der Waals surface area contributed by atoms with Crippen LogP contribution in [-0.2, 0) is 16.1 Å². The van der Waals surface area contributed by atoms with Crippen molar-refractivity contribution in [2.24, 2.45) is 0 Å². The zero-order chi connectivity index (χ0) is 10.4. The predicted octanol–water partition coefficient (Wildman–Crippen LogP) is 1.25. The molecule has 15 heavy (non-hydrogen) atoms. The van der Waals surface area contributed by atoms with Crippen molar-refractivity contribution in [3.63, 3.8) is 0 Å². The molecular formula is C10H12ClKO3. The van der Waals surface area contributed by atoms with Gasteiger partial charge in [0.25, 0.3) is 0 Å². The van der Waals surface area contributed by atoms with Crippen molar-refractivity contribution in [2.75, 3.05) is 6.61 Å². The van der Waals surface area contributed by atoms with E-state index in [1.165, 1.54) is 0 Å². The number of carbonyl (C=O) groups is 1. The Kier molecular flexibility index (Phi) is 9.03. The average molecular weight is 255 g/mol. The first-order chi connectivity index (χ1) is 6.70. The molecule has 1 rings (SSSR count). The number of rotatable bonds is 5. The van der Waals surface area contributed by atoms with Crippen molar-refractivity contribution >= 4 is 69.0 Å². The zero-order valence-corrected chi connectivity index (χ0v) is 8.28. The van der Waals surface area contributed by atoms with Gasteiger partial charge in [0.05, 0.1) is 13.2 Å². The Hall–Kier alpha value is 0.576. The summed E-state index contributed by atoms with van der Waals surface area (Å²) in [5, 5.41) is 7.49. The number of hydrogen-bond acceptors (Lipinski definition) is 2. The molecule has 0 saturated heterocycles. The fourth-order valence-electron chi connectivity index (χ4n) is 0.926. The Bertz CT molecular complexity index is 292. The van der Waals surface area contributed by atoms with Gasteiger partial charge in [-0.3, -0.25) is 4.79 Å². The SMILES string of the molecule is O=C(O)C(Cl)COCc1ccccc1.[KH]. The van der Waals surface area contributed by atoms with Gasteiger partial charge in [0.15, 0.2) is 5.38 Å². The summed E-state index contributed by atoms with van der Waals surface area (Å²) in [6, 6.07) is 9.52. The number of hydrogen-bond donors (Lipinski definition) is 1. The summed E-state index contributed by atoms with van der Waals surface area (Å²) in [6.07, 6.45) is 0. The third-order valence-electron chi connectivity index (χ3n) is 1.64. The maximum atomic E-state index is 10.3. The first-order valence-corrected chi connectivity index (χ1v) is 4.62.